The van der Waals surface area contributed by atoms with E-state index in [4.69, 9.17) is 0 Å². The molecule has 0 aliphatic carbocycles. The van der Waals surface area contributed by atoms with Gasteiger partial charge in [0.2, 0.25) is 0 Å². The molecule has 0 aromatic carbocycles. The van der Waals surface area contributed by atoms with Crippen LogP contribution in [0.5, 0.6) is 0 Å². The zero-order chi connectivity index (χ0) is 7.40. The summed E-state index contributed by atoms with van der Waals surface area (Å²) in [5.74, 6) is 0.0911. The molecule has 0 unspecified atom stereocenters. The minimum Gasteiger partial charge on any atom is -0.295 e. The Labute approximate surface area is 64.0 Å². The first kappa shape index (κ1) is 7.22. The van der Waals surface area contributed by atoms with Crippen molar-refractivity contribution in [2.75, 3.05) is 0 Å². The highest BCUT2D eigenvalue weighted by atomic mass is 32.1. The van der Waals surface area contributed by atoms with Gasteiger partial charge in [-0.3, -0.25) is 4.79 Å². The van der Waals surface area contributed by atoms with Gasteiger partial charge in [-0.15, -0.1) is 11.3 Å². The van der Waals surface area contributed by atoms with Crippen LogP contribution in [0.1, 0.15) is 11.8 Å². The average molecular weight is 152 g/mol. The Hall–Kier alpha value is -0.890. The second-order valence-electron chi connectivity index (χ2n) is 1.96. The van der Waals surface area contributed by atoms with Gasteiger partial charge >= 0.3 is 0 Å². The third-order valence-electron chi connectivity index (χ3n) is 1.03. The van der Waals surface area contributed by atoms with Gasteiger partial charge in [0.25, 0.3) is 0 Å². The van der Waals surface area contributed by atoms with Crippen LogP contribution in [0.25, 0.3) is 6.08 Å². The standard InChI is InChI=1S/C8H8OS/c1-7(9)4-5-8-3-2-6-10-8/h2-6H,1H3/b5-4+. The van der Waals surface area contributed by atoms with Crippen molar-refractivity contribution in [3.05, 3.63) is 28.5 Å². The van der Waals surface area contributed by atoms with E-state index >= 15 is 0 Å². The minimum absolute atomic E-state index is 0.0911. The molecule has 52 valence electrons. The summed E-state index contributed by atoms with van der Waals surface area (Å²) in [5, 5.41) is 1.99. The monoisotopic (exact) mass is 152 g/mol. The van der Waals surface area contributed by atoms with Crippen LogP contribution in [0.3, 0.4) is 0 Å². The summed E-state index contributed by atoms with van der Waals surface area (Å²) < 4.78 is 0. The Morgan fingerprint density at radius 1 is 1.70 bits per heavy atom. The van der Waals surface area contributed by atoms with Crippen LogP contribution >= 0.6 is 11.3 Å². The Balaban J connectivity index is 2.64. The van der Waals surface area contributed by atoms with Crippen molar-refractivity contribution in [2.45, 2.75) is 6.92 Å². The molecule has 0 aliphatic rings. The fourth-order valence-electron chi connectivity index (χ4n) is 0.586. The fraction of sp³-hybridized carbons (Fsp3) is 0.125. The molecule has 0 atom stereocenters. The predicted molar refractivity (Wildman–Crippen MR) is 44.0 cm³/mol. The van der Waals surface area contributed by atoms with E-state index in [0.717, 1.165) is 4.88 Å². The lowest BCUT2D eigenvalue weighted by Crippen LogP contribution is -1.77. The highest BCUT2D eigenvalue weighted by molar-refractivity contribution is 7.10. The molecule has 0 saturated carbocycles. The van der Waals surface area contributed by atoms with E-state index in [-0.39, 0.29) is 5.78 Å². The molecular formula is C8H8OS. The van der Waals surface area contributed by atoms with Crippen molar-refractivity contribution in [3.8, 4) is 0 Å². The molecule has 10 heavy (non-hydrogen) atoms. The van der Waals surface area contributed by atoms with E-state index in [1.165, 1.54) is 0 Å². The largest absolute Gasteiger partial charge is 0.295 e. The summed E-state index contributed by atoms with van der Waals surface area (Å²) in [6, 6.07) is 3.94. The van der Waals surface area contributed by atoms with Crippen molar-refractivity contribution < 1.29 is 4.79 Å². The van der Waals surface area contributed by atoms with Crippen LogP contribution in [0.2, 0.25) is 0 Å². The van der Waals surface area contributed by atoms with Crippen LogP contribution in [-0.2, 0) is 4.79 Å². The molecule has 0 saturated heterocycles. The van der Waals surface area contributed by atoms with Crippen molar-refractivity contribution in [2.24, 2.45) is 0 Å². The molecule has 1 rings (SSSR count). The SMILES string of the molecule is CC(=O)/C=C/c1cccs1. The van der Waals surface area contributed by atoms with E-state index in [1.54, 1.807) is 24.3 Å². The Morgan fingerprint density at radius 3 is 3.00 bits per heavy atom. The topological polar surface area (TPSA) is 17.1 Å². The molecule has 0 radical (unpaired) electrons. The van der Waals surface area contributed by atoms with Gasteiger partial charge in [-0.25, -0.2) is 0 Å². The molecule has 0 amide bonds. The highest BCUT2D eigenvalue weighted by Crippen LogP contribution is 2.09. The number of hydrogen-bond donors (Lipinski definition) is 0. The van der Waals surface area contributed by atoms with Crippen molar-refractivity contribution in [1.29, 1.82) is 0 Å². The van der Waals surface area contributed by atoms with E-state index in [1.807, 2.05) is 23.6 Å². The van der Waals surface area contributed by atoms with E-state index in [0.29, 0.717) is 0 Å². The van der Waals surface area contributed by atoms with E-state index in [9.17, 15) is 4.79 Å². The van der Waals surface area contributed by atoms with Crippen LogP contribution < -0.4 is 0 Å². The lowest BCUT2D eigenvalue weighted by Gasteiger charge is -1.79. The first-order valence-electron chi connectivity index (χ1n) is 3.01. The number of carbonyl (C=O) groups is 1. The molecule has 1 heterocycles. The van der Waals surface area contributed by atoms with Gasteiger partial charge in [0, 0.05) is 4.88 Å². The molecule has 0 fully saturated rings. The first-order chi connectivity index (χ1) is 4.79. The van der Waals surface area contributed by atoms with Gasteiger partial charge in [0.15, 0.2) is 5.78 Å². The first-order valence-corrected chi connectivity index (χ1v) is 3.89. The lowest BCUT2D eigenvalue weighted by atomic mass is 10.3. The van der Waals surface area contributed by atoms with Gasteiger partial charge in [0.1, 0.15) is 0 Å². The fourth-order valence-corrected chi connectivity index (χ4v) is 1.20. The second kappa shape index (κ2) is 3.32. The van der Waals surface area contributed by atoms with Crippen LogP contribution in [0.4, 0.5) is 0 Å². The number of allylic oxidation sites excluding steroid dienone is 1. The van der Waals surface area contributed by atoms with Crippen LogP contribution in [0.15, 0.2) is 23.6 Å². The second-order valence-corrected chi connectivity index (χ2v) is 2.94. The van der Waals surface area contributed by atoms with Crippen LogP contribution in [-0.4, -0.2) is 5.78 Å². The minimum atomic E-state index is 0.0911. The van der Waals surface area contributed by atoms with E-state index < -0.39 is 0 Å². The number of ketones is 1. The molecule has 0 spiro atoms. The zero-order valence-electron chi connectivity index (χ0n) is 5.70. The van der Waals surface area contributed by atoms with E-state index in [2.05, 4.69) is 0 Å². The number of hydrogen-bond acceptors (Lipinski definition) is 2. The van der Waals surface area contributed by atoms with Crippen molar-refractivity contribution in [1.82, 2.24) is 0 Å². The highest BCUT2D eigenvalue weighted by Gasteiger charge is 1.85. The quantitative estimate of drug-likeness (QED) is 0.594. The summed E-state index contributed by atoms with van der Waals surface area (Å²) in [6.45, 7) is 1.55. The zero-order valence-corrected chi connectivity index (χ0v) is 6.52. The third-order valence-corrected chi connectivity index (χ3v) is 1.86. The summed E-state index contributed by atoms with van der Waals surface area (Å²) in [6.07, 6.45) is 3.40. The lowest BCUT2D eigenvalue weighted by molar-refractivity contribution is -0.112. The molecule has 1 aromatic rings. The van der Waals surface area contributed by atoms with Gasteiger partial charge in [-0.2, -0.15) is 0 Å². The molecule has 2 heteroatoms. The third kappa shape index (κ3) is 2.15. The Bertz CT molecular complexity index is 234. The molecular weight excluding hydrogens is 144 g/mol. The van der Waals surface area contributed by atoms with Crippen LogP contribution in [0, 0.1) is 0 Å². The molecule has 0 bridgehead atoms. The Morgan fingerprint density at radius 2 is 2.50 bits per heavy atom. The number of thiophene rings is 1. The van der Waals surface area contributed by atoms with Gasteiger partial charge < -0.3 is 0 Å². The number of rotatable bonds is 2. The normalized spacial score (nSPS) is 10.5. The Kier molecular flexibility index (Phi) is 2.40. The molecule has 1 aromatic heterocycles. The summed E-state index contributed by atoms with van der Waals surface area (Å²) in [4.78, 5) is 11.6. The number of carbonyl (C=O) groups excluding carboxylic acids is 1. The van der Waals surface area contributed by atoms with Crippen molar-refractivity contribution in [3.63, 3.8) is 0 Å². The molecule has 0 N–H and O–H groups in total. The average Bonchev–Trinajstić information content (AvgIpc) is 2.34. The predicted octanol–water partition coefficient (Wildman–Crippen LogP) is 2.35. The van der Waals surface area contributed by atoms with Crippen molar-refractivity contribution >= 4 is 23.2 Å². The van der Waals surface area contributed by atoms with Gasteiger partial charge in [-0.05, 0) is 30.5 Å². The summed E-state index contributed by atoms with van der Waals surface area (Å²) in [5.41, 5.74) is 0. The maximum atomic E-state index is 10.5. The maximum Gasteiger partial charge on any atom is 0.152 e. The van der Waals surface area contributed by atoms with Gasteiger partial charge in [-0.1, -0.05) is 6.07 Å². The smallest absolute Gasteiger partial charge is 0.152 e. The van der Waals surface area contributed by atoms with Gasteiger partial charge in [0.05, 0.1) is 0 Å². The summed E-state index contributed by atoms with van der Waals surface area (Å²) >= 11 is 1.63. The molecule has 0 aliphatic heterocycles. The molecule has 1 nitrogen and oxygen atoms in total. The maximum absolute atomic E-state index is 10.5. The summed E-state index contributed by atoms with van der Waals surface area (Å²) in [7, 11) is 0.